The maximum absolute atomic E-state index is 6.04. The standard InChI is InChI=1S/C16H23N3S2/c1-2-21-14-7-3-6-13(15(14)16(17)20)19-10-9-18-8-4-5-12(18)11-19/h3,6-7,12H,2,4-5,8-11H2,1H3,(H2,17,20). The lowest BCUT2D eigenvalue weighted by Gasteiger charge is -2.39. The fourth-order valence-corrected chi connectivity index (χ4v) is 4.64. The molecule has 1 aromatic carbocycles. The lowest BCUT2D eigenvalue weighted by atomic mass is 10.1. The zero-order valence-corrected chi connectivity index (χ0v) is 14.2. The number of hydrogen-bond donors (Lipinski definition) is 1. The molecule has 3 rings (SSSR count). The lowest BCUT2D eigenvalue weighted by Crippen LogP contribution is -2.50. The van der Waals surface area contributed by atoms with Crippen LogP contribution in [-0.4, -0.2) is 47.9 Å². The van der Waals surface area contributed by atoms with Crippen LogP contribution in [0.5, 0.6) is 0 Å². The van der Waals surface area contributed by atoms with Gasteiger partial charge in [0.1, 0.15) is 4.99 Å². The molecule has 3 nitrogen and oxygen atoms in total. The molecule has 1 unspecified atom stereocenters. The Kier molecular flexibility index (Phi) is 4.72. The van der Waals surface area contributed by atoms with Crippen LogP contribution in [0.15, 0.2) is 23.1 Å². The predicted molar refractivity (Wildman–Crippen MR) is 95.5 cm³/mol. The highest BCUT2D eigenvalue weighted by atomic mass is 32.2. The van der Waals surface area contributed by atoms with Crippen molar-refractivity contribution in [2.45, 2.75) is 30.7 Å². The first-order valence-corrected chi connectivity index (χ1v) is 9.14. The topological polar surface area (TPSA) is 32.5 Å². The molecule has 2 fully saturated rings. The van der Waals surface area contributed by atoms with Gasteiger partial charge in [0.25, 0.3) is 0 Å². The maximum Gasteiger partial charge on any atom is 0.107 e. The minimum Gasteiger partial charge on any atom is -0.389 e. The van der Waals surface area contributed by atoms with Crippen molar-refractivity contribution in [3.05, 3.63) is 23.8 Å². The molecule has 2 heterocycles. The molecule has 0 saturated carbocycles. The molecular weight excluding hydrogens is 298 g/mol. The second-order valence-corrected chi connectivity index (χ2v) is 7.47. The van der Waals surface area contributed by atoms with Crippen LogP contribution < -0.4 is 10.6 Å². The summed E-state index contributed by atoms with van der Waals surface area (Å²) in [6, 6.07) is 7.16. The predicted octanol–water partition coefficient (Wildman–Crippen LogP) is 2.72. The molecule has 0 spiro atoms. The molecule has 2 aliphatic rings. The molecule has 0 aromatic heterocycles. The summed E-state index contributed by atoms with van der Waals surface area (Å²) in [5, 5.41) is 0. The zero-order chi connectivity index (χ0) is 14.8. The number of piperazine rings is 1. The van der Waals surface area contributed by atoms with E-state index in [2.05, 4.69) is 34.9 Å². The summed E-state index contributed by atoms with van der Waals surface area (Å²) >= 11 is 7.16. The van der Waals surface area contributed by atoms with Crippen LogP contribution >= 0.6 is 24.0 Å². The van der Waals surface area contributed by atoms with E-state index in [1.54, 1.807) is 0 Å². The molecular formula is C16H23N3S2. The molecule has 2 saturated heterocycles. The van der Waals surface area contributed by atoms with Crippen molar-refractivity contribution in [1.82, 2.24) is 4.90 Å². The van der Waals surface area contributed by atoms with Crippen LogP contribution in [0.4, 0.5) is 5.69 Å². The first-order valence-electron chi connectivity index (χ1n) is 7.75. The van der Waals surface area contributed by atoms with E-state index >= 15 is 0 Å². The van der Waals surface area contributed by atoms with Gasteiger partial charge in [-0.15, -0.1) is 11.8 Å². The van der Waals surface area contributed by atoms with E-state index in [0.29, 0.717) is 11.0 Å². The number of rotatable bonds is 4. The van der Waals surface area contributed by atoms with E-state index in [1.165, 1.54) is 30.0 Å². The van der Waals surface area contributed by atoms with Crippen molar-refractivity contribution in [2.24, 2.45) is 5.73 Å². The van der Waals surface area contributed by atoms with Crippen LogP contribution in [0.25, 0.3) is 0 Å². The molecule has 0 amide bonds. The number of benzene rings is 1. The first-order chi connectivity index (χ1) is 10.2. The molecule has 2 aliphatic heterocycles. The summed E-state index contributed by atoms with van der Waals surface area (Å²) < 4.78 is 0. The molecule has 1 atom stereocenters. The molecule has 21 heavy (non-hydrogen) atoms. The summed E-state index contributed by atoms with van der Waals surface area (Å²) in [6.45, 7) is 6.78. The third-order valence-corrected chi connectivity index (χ3v) is 5.62. The summed E-state index contributed by atoms with van der Waals surface area (Å²) in [7, 11) is 0. The van der Waals surface area contributed by atoms with Crippen molar-refractivity contribution in [3.63, 3.8) is 0 Å². The summed E-state index contributed by atoms with van der Waals surface area (Å²) in [5.74, 6) is 1.04. The highest BCUT2D eigenvalue weighted by molar-refractivity contribution is 7.99. The normalized spacial score (nSPS) is 22.3. The average Bonchev–Trinajstić information content (AvgIpc) is 2.94. The largest absolute Gasteiger partial charge is 0.389 e. The van der Waals surface area contributed by atoms with Gasteiger partial charge in [0.05, 0.1) is 0 Å². The van der Waals surface area contributed by atoms with E-state index in [4.69, 9.17) is 18.0 Å². The van der Waals surface area contributed by atoms with Crippen molar-refractivity contribution < 1.29 is 0 Å². The zero-order valence-electron chi connectivity index (χ0n) is 12.5. The van der Waals surface area contributed by atoms with Crippen LogP contribution in [0, 0.1) is 0 Å². The van der Waals surface area contributed by atoms with Gasteiger partial charge in [0.15, 0.2) is 0 Å². The number of nitrogens with two attached hydrogens (primary N) is 1. The number of hydrogen-bond acceptors (Lipinski definition) is 4. The monoisotopic (exact) mass is 321 g/mol. The summed E-state index contributed by atoms with van der Waals surface area (Å²) in [6.07, 6.45) is 2.66. The van der Waals surface area contributed by atoms with E-state index < -0.39 is 0 Å². The quantitative estimate of drug-likeness (QED) is 0.681. The Hall–Kier alpha value is -0.780. The second kappa shape index (κ2) is 6.55. The van der Waals surface area contributed by atoms with Crippen molar-refractivity contribution in [2.75, 3.05) is 36.8 Å². The van der Waals surface area contributed by atoms with Gasteiger partial charge >= 0.3 is 0 Å². The summed E-state index contributed by atoms with van der Waals surface area (Å²) in [5.41, 5.74) is 8.34. The third-order valence-electron chi connectivity index (χ3n) is 4.48. The van der Waals surface area contributed by atoms with Gasteiger partial charge < -0.3 is 10.6 Å². The van der Waals surface area contributed by atoms with Gasteiger partial charge in [0.2, 0.25) is 0 Å². The SMILES string of the molecule is CCSc1cccc(N2CCN3CCCC3C2)c1C(N)=S. The molecule has 0 bridgehead atoms. The van der Waals surface area contributed by atoms with Crippen LogP contribution in [-0.2, 0) is 0 Å². The van der Waals surface area contributed by atoms with E-state index in [9.17, 15) is 0 Å². The molecule has 0 aliphatic carbocycles. The number of thiocarbonyl (C=S) groups is 1. The minimum absolute atomic E-state index is 0.524. The second-order valence-electron chi connectivity index (χ2n) is 5.73. The van der Waals surface area contributed by atoms with E-state index in [0.717, 1.165) is 31.0 Å². The number of thioether (sulfide) groups is 1. The van der Waals surface area contributed by atoms with Gasteiger partial charge in [-0.2, -0.15) is 0 Å². The molecule has 114 valence electrons. The van der Waals surface area contributed by atoms with Gasteiger partial charge in [-0.25, -0.2) is 0 Å². The minimum atomic E-state index is 0.524. The Bertz CT molecular complexity index is 532. The fraction of sp³-hybridized carbons (Fsp3) is 0.562. The number of nitrogens with zero attached hydrogens (tertiary/aromatic N) is 2. The Morgan fingerprint density at radius 2 is 2.24 bits per heavy atom. The van der Waals surface area contributed by atoms with E-state index in [1.807, 2.05) is 11.8 Å². The molecule has 1 aromatic rings. The highest BCUT2D eigenvalue weighted by Gasteiger charge is 2.31. The number of fused-ring (bicyclic) bond motifs is 1. The van der Waals surface area contributed by atoms with E-state index in [-0.39, 0.29) is 0 Å². The molecule has 0 radical (unpaired) electrons. The third kappa shape index (κ3) is 3.05. The highest BCUT2D eigenvalue weighted by Crippen LogP contribution is 2.33. The Labute approximate surface area is 136 Å². The number of anilines is 1. The van der Waals surface area contributed by atoms with Gasteiger partial charge in [-0.3, -0.25) is 4.90 Å². The lowest BCUT2D eigenvalue weighted by molar-refractivity contribution is 0.231. The molecule has 5 heteroatoms. The maximum atomic E-state index is 6.04. The van der Waals surface area contributed by atoms with Crippen molar-refractivity contribution >= 4 is 34.7 Å². The van der Waals surface area contributed by atoms with Crippen molar-refractivity contribution in [1.29, 1.82) is 0 Å². The summed E-state index contributed by atoms with van der Waals surface area (Å²) in [4.78, 5) is 6.86. The van der Waals surface area contributed by atoms with Crippen LogP contribution in [0.1, 0.15) is 25.3 Å². The molecule has 2 N–H and O–H groups in total. The fourth-order valence-electron chi connectivity index (χ4n) is 3.52. The smallest absolute Gasteiger partial charge is 0.107 e. The Balaban J connectivity index is 1.90. The average molecular weight is 322 g/mol. The van der Waals surface area contributed by atoms with Crippen LogP contribution in [0.3, 0.4) is 0 Å². The van der Waals surface area contributed by atoms with Gasteiger partial charge in [0, 0.05) is 41.8 Å². The Morgan fingerprint density at radius 1 is 1.38 bits per heavy atom. The van der Waals surface area contributed by atoms with Crippen molar-refractivity contribution in [3.8, 4) is 0 Å². The van der Waals surface area contributed by atoms with Gasteiger partial charge in [-0.1, -0.05) is 25.2 Å². The first kappa shape index (κ1) is 15.1. The van der Waals surface area contributed by atoms with Crippen LogP contribution in [0.2, 0.25) is 0 Å². The van der Waals surface area contributed by atoms with Gasteiger partial charge in [-0.05, 0) is 37.3 Å². The Morgan fingerprint density at radius 3 is 3.00 bits per heavy atom.